The Morgan fingerprint density at radius 3 is 2.00 bits per heavy atom. The van der Waals surface area contributed by atoms with Crippen LogP contribution < -0.4 is 5.73 Å². The van der Waals surface area contributed by atoms with E-state index in [9.17, 15) is 13.2 Å². The molecule has 0 amide bonds. The molecule has 0 radical (unpaired) electrons. The van der Waals surface area contributed by atoms with Crippen LogP contribution in [0.15, 0.2) is 6.07 Å². The number of nitrogen functional groups attached to an aromatic ring is 1. The standard InChI is InChI=1S/C9H8Cl2F3N.C2H6/c1-2-4-3-5(15)7(10)8(11)6(4)9(12,13)14;1-2/h3H,2,15H2,1H3;1-2H3. The van der Waals surface area contributed by atoms with Gasteiger partial charge in [-0.2, -0.15) is 13.2 Å². The average molecular weight is 288 g/mol. The zero-order chi connectivity index (χ0) is 13.8. The maximum atomic E-state index is 12.6. The summed E-state index contributed by atoms with van der Waals surface area (Å²) in [7, 11) is 0. The largest absolute Gasteiger partial charge is 0.418 e. The number of alkyl halides is 3. The molecule has 0 bridgehead atoms. The van der Waals surface area contributed by atoms with Gasteiger partial charge in [0.1, 0.15) is 0 Å². The molecule has 0 fully saturated rings. The van der Waals surface area contributed by atoms with Gasteiger partial charge in [0.25, 0.3) is 0 Å². The number of rotatable bonds is 1. The van der Waals surface area contributed by atoms with Gasteiger partial charge in [-0.05, 0) is 18.1 Å². The van der Waals surface area contributed by atoms with Gasteiger partial charge in [-0.25, -0.2) is 0 Å². The highest BCUT2D eigenvalue weighted by atomic mass is 35.5. The summed E-state index contributed by atoms with van der Waals surface area (Å²) in [5.74, 6) is 0. The van der Waals surface area contributed by atoms with E-state index in [0.717, 1.165) is 0 Å². The van der Waals surface area contributed by atoms with Gasteiger partial charge < -0.3 is 5.73 Å². The molecule has 1 rings (SSSR count). The summed E-state index contributed by atoms with van der Waals surface area (Å²) >= 11 is 11.1. The molecule has 0 heterocycles. The molecule has 2 N–H and O–H groups in total. The van der Waals surface area contributed by atoms with Gasteiger partial charge in [0, 0.05) is 0 Å². The monoisotopic (exact) mass is 287 g/mol. The van der Waals surface area contributed by atoms with E-state index in [1.807, 2.05) is 13.8 Å². The van der Waals surface area contributed by atoms with Gasteiger partial charge in [0.15, 0.2) is 0 Å². The van der Waals surface area contributed by atoms with Crippen LogP contribution in [-0.2, 0) is 12.6 Å². The molecule has 0 aromatic heterocycles. The fourth-order valence-electron chi connectivity index (χ4n) is 1.29. The molecule has 0 aliphatic rings. The van der Waals surface area contributed by atoms with Crippen molar-refractivity contribution in [3.05, 3.63) is 27.2 Å². The number of hydrogen-bond acceptors (Lipinski definition) is 1. The van der Waals surface area contributed by atoms with Crippen molar-refractivity contribution in [3.63, 3.8) is 0 Å². The predicted octanol–water partition coefficient (Wildman–Crippen LogP) is 5.18. The topological polar surface area (TPSA) is 26.0 Å². The van der Waals surface area contributed by atoms with Crippen LogP contribution in [0.2, 0.25) is 10.0 Å². The lowest BCUT2D eigenvalue weighted by Gasteiger charge is -2.15. The van der Waals surface area contributed by atoms with Gasteiger partial charge >= 0.3 is 6.18 Å². The molecular formula is C11H14Cl2F3N. The third kappa shape index (κ3) is 3.68. The van der Waals surface area contributed by atoms with Crippen molar-refractivity contribution in [2.45, 2.75) is 33.4 Å². The summed E-state index contributed by atoms with van der Waals surface area (Å²) in [6.07, 6.45) is -4.32. The second-order valence-corrected chi connectivity index (χ2v) is 3.74. The summed E-state index contributed by atoms with van der Waals surface area (Å²) in [5.41, 5.74) is 4.64. The average Bonchev–Trinajstić information content (AvgIpc) is 2.26. The quantitative estimate of drug-likeness (QED) is 0.708. The third-order valence-corrected chi connectivity index (χ3v) is 2.86. The molecule has 1 aromatic rings. The second kappa shape index (κ2) is 6.36. The van der Waals surface area contributed by atoms with E-state index in [1.54, 1.807) is 6.92 Å². The number of halogens is 5. The number of hydrogen-bond donors (Lipinski definition) is 1. The van der Waals surface area contributed by atoms with Crippen LogP contribution >= 0.6 is 23.2 Å². The SMILES string of the molecule is CC.CCc1cc(N)c(Cl)c(Cl)c1C(F)(F)F. The number of anilines is 1. The Morgan fingerprint density at radius 2 is 1.65 bits per heavy atom. The summed E-state index contributed by atoms with van der Waals surface area (Å²) in [5, 5.41) is -0.776. The van der Waals surface area contributed by atoms with Crippen molar-refractivity contribution >= 4 is 28.9 Å². The first-order chi connectivity index (χ1) is 7.79. The molecule has 0 aliphatic heterocycles. The molecule has 0 saturated carbocycles. The second-order valence-electron chi connectivity index (χ2n) is 2.98. The van der Waals surface area contributed by atoms with E-state index in [1.165, 1.54) is 6.07 Å². The van der Waals surface area contributed by atoms with E-state index in [4.69, 9.17) is 28.9 Å². The van der Waals surface area contributed by atoms with E-state index in [-0.39, 0.29) is 22.7 Å². The van der Waals surface area contributed by atoms with E-state index >= 15 is 0 Å². The van der Waals surface area contributed by atoms with Crippen LogP contribution in [0.5, 0.6) is 0 Å². The minimum Gasteiger partial charge on any atom is -0.397 e. The fraction of sp³-hybridized carbons (Fsp3) is 0.455. The fourth-order valence-corrected chi connectivity index (χ4v) is 1.77. The molecule has 0 unspecified atom stereocenters. The van der Waals surface area contributed by atoms with Crippen molar-refractivity contribution in [1.82, 2.24) is 0 Å². The molecule has 0 atom stereocenters. The summed E-state index contributed by atoms with van der Waals surface area (Å²) in [6, 6.07) is 1.21. The minimum atomic E-state index is -4.51. The number of nitrogens with two attached hydrogens (primary N) is 1. The van der Waals surface area contributed by atoms with E-state index < -0.39 is 16.8 Å². The Labute approximate surface area is 109 Å². The molecule has 1 aromatic carbocycles. The molecule has 98 valence electrons. The minimum absolute atomic E-state index is 0.0504. The van der Waals surface area contributed by atoms with E-state index in [2.05, 4.69) is 0 Å². The zero-order valence-corrected chi connectivity index (χ0v) is 11.3. The lowest BCUT2D eigenvalue weighted by Crippen LogP contribution is -2.11. The van der Waals surface area contributed by atoms with Crippen molar-refractivity contribution in [1.29, 1.82) is 0 Å². The Balaban J connectivity index is 0.00000121. The Kier molecular flexibility index (Phi) is 6.13. The Bertz CT molecular complexity index is 389. The van der Waals surface area contributed by atoms with Crippen LogP contribution in [-0.4, -0.2) is 0 Å². The van der Waals surface area contributed by atoms with Crippen LogP contribution in [0.1, 0.15) is 31.9 Å². The lowest BCUT2D eigenvalue weighted by molar-refractivity contribution is -0.138. The first-order valence-corrected chi connectivity index (χ1v) is 5.88. The molecule has 1 nitrogen and oxygen atoms in total. The highest BCUT2D eigenvalue weighted by Crippen LogP contribution is 2.43. The van der Waals surface area contributed by atoms with E-state index in [0.29, 0.717) is 0 Å². The first-order valence-electron chi connectivity index (χ1n) is 5.12. The molecule has 17 heavy (non-hydrogen) atoms. The van der Waals surface area contributed by atoms with Gasteiger partial charge in [-0.15, -0.1) is 0 Å². The van der Waals surface area contributed by atoms with Crippen molar-refractivity contribution in [2.24, 2.45) is 0 Å². The molecule has 0 saturated heterocycles. The Hall–Kier alpha value is -0.610. The van der Waals surface area contributed by atoms with Crippen LogP contribution in [0, 0.1) is 0 Å². The molecule has 6 heteroatoms. The number of benzene rings is 1. The zero-order valence-electron chi connectivity index (χ0n) is 9.75. The lowest BCUT2D eigenvalue weighted by atomic mass is 10.0. The highest BCUT2D eigenvalue weighted by molar-refractivity contribution is 6.44. The van der Waals surface area contributed by atoms with Gasteiger partial charge in [-0.1, -0.05) is 44.0 Å². The maximum Gasteiger partial charge on any atom is 0.418 e. The highest BCUT2D eigenvalue weighted by Gasteiger charge is 2.37. The summed E-state index contributed by atoms with van der Waals surface area (Å²) in [6.45, 7) is 5.59. The smallest absolute Gasteiger partial charge is 0.397 e. The molecule has 0 aliphatic carbocycles. The molecule has 0 spiro atoms. The van der Waals surface area contributed by atoms with Crippen molar-refractivity contribution in [2.75, 3.05) is 5.73 Å². The number of aryl methyl sites for hydroxylation is 1. The van der Waals surface area contributed by atoms with Crippen LogP contribution in [0.3, 0.4) is 0 Å². The van der Waals surface area contributed by atoms with Crippen molar-refractivity contribution in [3.8, 4) is 0 Å². The van der Waals surface area contributed by atoms with Crippen molar-refractivity contribution < 1.29 is 13.2 Å². The van der Waals surface area contributed by atoms with Gasteiger partial charge in [0.05, 0.1) is 21.3 Å². The van der Waals surface area contributed by atoms with Gasteiger partial charge in [-0.3, -0.25) is 0 Å². The summed E-state index contributed by atoms with van der Waals surface area (Å²) < 4.78 is 37.9. The Morgan fingerprint density at radius 1 is 1.18 bits per heavy atom. The first kappa shape index (κ1) is 16.4. The van der Waals surface area contributed by atoms with Crippen LogP contribution in [0.4, 0.5) is 18.9 Å². The predicted molar refractivity (Wildman–Crippen MR) is 66.6 cm³/mol. The van der Waals surface area contributed by atoms with Gasteiger partial charge in [0.2, 0.25) is 0 Å². The summed E-state index contributed by atoms with van der Waals surface area (Å²) in [4.78, 5) is 0. The van der Waals surface area contributed by atoms with Crippen LogP contribution in [0.25, 0.3) is 0 Å². The maximum absolute atomic E-state index is 12.6. The third-order valence-electron chi connectivity index (χ3n) is 1.98. The normalized spacial score (nSPS) is 10.8. The molecular weight excluding hydrogens is 274 g/mol.